The Balaban J connectivity index is 4.19. The van der Waals surface area contributed by atoms with E-state index in [0.29, 0.717) is 0 Å². The molecule has 0 spiro atoms. The van der Waals surface area contributed by atoms with Gasteiger partial charge >= 0.3 is 0 Å². The van der Waals surface area contributed by atoms with Crippen molar-refractivity contribution in [3.63, 3.8) is 0 Å². The van der Waals surface area contributed by atoms with Crippen molar-refractivity contribution in [2.45, 2.75) is 6.92 Å². The quantitative estimate of drug-likeness (QED) is 0.322. The minimum atomic E-state index is 1.57. The van der Waals surface area contributed by atoms with E-state index in [4.69, 9.17) is 0 Å². The Morgan fingerprint density at radius 2 is 2.25 bits per heavy atom. The van der Waals surface area contributed by atoms with Gasteiger partial charge in [0.1, 0.15) is 0 Å². The van der Waals surface area contributed by atoms with Crippen molar-refractivity contribution < 1.29 is 0 Å². The highest BCUT2D eigenvalue weighted by Crippen LogP contribution is 1.57. The predicted molar refractivity (Wildman–Crippen MR) is 34.2 cm³/mol. The lowest BCUT2D eigenvalue weighted by Crippen LogP contribution is -1.38. The lowest BCUT2D eigenvalue weighted by molar-refractivity contribution is 1.91. The molecular formula is C8H6. The Hall–Kier alpha value is -1.36. The molecule has 0 heterocycles. The zero-order chi connectivity index (χ0) is 6.24. The van der Waals surface area contributed by atoms with Crippen molar-refractivity contribution in [1.82, 2.24) is 0 Å². The summed E-state index contributed by atoms with van der Waals surface area (Å²) in [5, 5.41) is 0. The Kier molecular flexibility index (Phi) is 4.68. The Bertz CT molecular complexity index is 216. The number of rotatable bonds is 0. The molecule has 0 aromatic heterocycles. The first kappa shape index (κ1) is 6.64. The molecule has 0 aliphatic rings. The van der Waals surface area contributed by atoms with Gasteiger partial charge in [0.2, 0.25) is 0 Å². The van der Waals surface area contributed by atoms with Crippen molar-refractivity contribution in [2.75, 3.05) is 0 Å². The minimum Gasteiger partial charge on any atom is -0.101 e. The van der Waals surface area contributed by atoms with Crippen LogP contribution in [0.2, 0.25) is 0 Å². The van der Waals surface area contributed by atoms with Gasteiger partial charge < -0.3 is 0 Å². The van der Waals surface area contributed by atoms with Gasteiger partial charge in [-0.25, -0.2) is 0 Å². The van der Waals surface area contributed by atoms with Crippen molar-refractivity contribution in [3.8, 4) is 11.8 Å². The predicted octanol–water partition coefficient (Wildman–Crippen LogP) is 1.66. The Labute approximate surface area is 49.5 Å². The average Bonchev–Trinajstić information content (AvgIpc) is 1.81. The van der Waals surface area contributed by atoms with Gasteiger partial charge in [0.25, 0.3) is 0 Å². The lowest BCUT2D eigenvalue weighted by Gasteiger charge is -1.50. The first-order valence-electron chi connectivity index (χ1n) is 2.18. The molecule has 0 N–H and O–H groups in total. The molecule has 0 heteroatoms. The summed E-state index contributed by atoms with van der Waals surface area (Å²) in [7, 11) is 0. The molecule has 0 rings (SSSR count). The monoisotopic (exact) mass is 102 g/mol. The zero-order valence-electron chi connectivity index (χ0n) is 4.78. The van der Waals surface area contributed by atoms with Crippen molar-refractivity contribution in [2.24, 2.45) is 0 Å². The summed E-state index contributed by atoms with van der Waals surface area (Å²) in [4.78, 5) is 0. The van der Waals surface area contributed by atoms with E-state index in [0.717, 1.165) is 0 Å². The highest BCUT2D eigenvalue weighted by atomic mass is 13.5. The van der Waals surface area contributed by atoms with E-state index in [1.54, 1.807) is 13.0 Å². The molecule has 0 nitrogen and oxygen atoms in total. The topological polar surface area (TPSA) is 0 Å². The standard InChI is InChI=1S/C8H6/c1-3-5-7-8-6-4-2/h8H,1H2,2H3. The second-order valence-corrected chi connectivity index (χ2v) is 0.985. The van der Waals surface area contributed by atoms with Crippen LogP contribution >= 0.6 is 0 Å². The third-order valence-corrected chi connectivity index (χ3v) is 0.449. The largest absolute Gasteiger partial charge is 0.101 e. The van der Waals surface area contributed by atoms with E-state index >= 15 is 0 Å². The fraction of sp³-hybridized carbons (Fsp3) is 0.125. The van der Waals surface area contributed by atoms with Gasteiger partial charge in [-0.3, -0.25) is 0 Å². The van der Waals surface area contributed by atoms with Gasteiger partial charge in [-0.15, -0.1) is 5.92 Å². The first-order chi connectivity index (χ1) is 3.91. The zero-order valence-corrected chi connectivity index (χ0v) is 4.78. The van der Waals surface area contributed by atoms with Crippen LogP contribution in [0.4, 0.5) is 0 Å². The third kappa shape index (κ3) is 4.64. The van der Waals surface area contributed by atoms with E-state index in [1.807, 2.05) is 0 Å². The molecule has 0 aromatic carbocycles. The summed E-state index contributed by atoms with van der Waals surface area (Å²) in [6.45, 7) is 5.05. The summed E-state index contributed by atoms with van der Waals surface area (Å²) >= 11 is 0. The summed E-state index contributed by atoms with van der Waals surface area (Å²) in [5.74, 6) is 5.34. The lowest BCUT2D eigenvalue weighted by atomic mass is 10.5. The van der Waals surface area contributed by atoms with Crippen LogP contribution in [0.1, 0.15) is 6.92 Å². The summed E-state index contributed by atoms with van der Waals surface area (Å²) < 4.78 is 0. The summed E-state index contributed by atoms with van der Waals surface area (Å²) in [6.07, 6.45) is 1.57. The van der Waals surface area contributed by atoms with Gasteiger partial charge in [-0.05, 0) is 19.2 Å². The van der Waals surface area contributed by atoms with Crippen LogP contribution in [0, 0.1) is 11.8 Å². The highest BCUT2D eigenvalue weighted by molar-refractivity contribution is 5.12. The smallest absolute Gasteiger partial charge is 0.0392 e. The van der Waals surface area contributed by atoms with E-state index in [2.05, 4.69) is 35.6 Å². The van der Waals surface area contributed by atoms with E-state index in [-0.39, 0.29) is 0 Å². The van der Waals surface area contributed by atoms with Gasteiger partial charge in [0, 0.05) is 6.08 Å². The minimum absolute atomic E-state index is 1.57. The molecule has 0 aliphatic carbocycles. The van der Waals surface area contributed by atoms with E-state index in [1.165, 1.54) is 0 Å². The van der Waals surface area contributed by atoms with Crippen LogP contribution in [0.5, 0.6) is 0 Å². The second-order valence-electron chi connectivity index (χ2n) is 0.985. The maximum absolute atomic E-state index is 3.29. The molecule has 0 fully saturated rings. The maximum Gasteiger partial charge on any atom is 0.0392 e. The Morgan fingerprint density at radius 3 is 2.75 bits per heavy atom. The van der Waals surface area contributed by atoms with Crippen LogP contribution in [-0.2, 0) is 0 Å². The van der Waals surface area contributed by atoms with Crippen LogP contribution in [-0.4, -0.2) is 0 Å². The molecule has 0 atom stereocenters. The number of hydrogen-bond donors (Lipinski definition) is 0. The van der Waals surface area contributed by atoms with Crippen LogP contribution < -0.4 is 0 Å². The normalized spacial score (nSPS) is 4.12. The van der Waals surface area contributed by atoms with Gasteiger partial charge in [0.05, 0.1) is 0 Å². The molecule has 0 aromatic rings. The maximum atomic E-state index is 3.29. The first-order valence-corrected chi connectivity index (χ1v) is 2.18. The van der Waals surface area contributed by atoms with Crippen LogP contribution in [0.3, 0.4) is 0 Å². The molecule has 0 unspecified atom stereocenters. The van der Waals surface area contributed by atoms with Crippen LogP contribution in [0.25, 0.3) is 0 Å². The Morgan fingerprint density at radius 1 is 1.50 bits per heavy atom. The van der Waals surface area contributed by atoms with E-state index in [9.17, 15) is 0 Å². The fourth-order valence-electron chi connectivity index (χ4n) is 0.195. The van der Waals surface area contributed by atoms with Crippen LogP contribution in [0.15, 0.2) is 29.8 Å². The second kappa shape index (κ2) is 5.64. The number of allylic oxidation sites excluding steroid dienone is 1. The molecular weight excluding hydrogens is 96.1 g/mol. The fourth-order valence-corrected chi connectivity index (χ4v) is 0.195. The number of hydrogen-bond acceptors (Lipinski definition) is 0. The van der Waals surface area contributed by atoms with Crippen molar-refractivity contribution in [1.29, 1.82) is 0 Å². The molecule has 0 saturated carbocycles. The molecule has 0 bridgehead atoms. The third-order valence-electron chi connectivity index (χ3n) is 0.449. The van der Waals surface area contributed by atoms with E-state index < -0.39 is 0 Å². The average molecular weight is 102 g/mol. The van der Waals surface area contributed by atoms with Crippen molar-refractivity contribution in [3.05, 3.63) is 29.8 Å². The summed E-state index contributed by atoms with van der Waals surface area (Å²) in [5.41, 5.74) is 7.54. The summed E-state index contributed by atoms with van der Waals surface area (Å²) in [6, 6.07) is 0. The van der Waals surface area contributed by atoms with Gasteiger partial charge in [-0.1, -0.05) is 17.4 Å². The molecule has 8 heavy (non-hydrogen) atoms. The molecule has 0 saturated heterocycles. The van der Waals surface area contributed by atoms with Gasteiger partial charge in [0.15, 0.2) is 0 Å². The molecule has 0 radical (unpaired) electrons. The van der Waals surface area contributed by atoms with Gasteiger partial charge in [-0.2, -0.15) is 0 Å². The highest BCUT2D eigenvalue weighted by Gasteiger charge is 1.44. The van der Waals surface area contributed by atoms with Crippen molar-refractivity contribution >= 4 is 0 Å². The molecule has 38 valence electrons. The molecule has 0 amide bonds. The molecule has 0 aliphatic heterocycles. The SMILES string of the molecule is C=C=C=C=CC#CC.